The third-order valence-corrected chi connectivity index (χ3v) is 5.08. The van der Waals surface area contributed by atoms with E-state index in [4.69, 9.17) is 9.47 Å². The summed E-state index contributed by atoms with van der Waals surface area (Å²) in [5, 5.41) is 0. The molecule has 0 spiro atoms. The molecule has 0 atom stereocenters. The van der Waals surface area contributed by atoms with E-state index in [9.17, 15) is 0 Å². The molecule has 152 valence electrons. The van der Waals surface area contributed by atoms with Gasteiger partial charge >= 0.3 is 0 Å². The van der Waals surface area contributed by atoms with Crippen molar-refractivity contribution in [3.63, 3.8) is 0 Å². The molecule has 0 aromatic heterocycles. The van der Waals surface area contributed by atoms with Crippen molar-refractivity contribution in [2.45, 2.75) is 117 Å². The van der Waals surface area contributed by atoms with Gasteiger partial charge in [0.15, 0.2) is 0 Å². The van der Waals surface area contributed by atoms with Gasteiger partial charge in [-0.25, -0.2) is 0 Å². The molecule has 0 rings (SSSR count). The van der Waals surface area contributed by atoms with Crippen LogP contribution in [0.3, 0.4) is 0 Å². The van der Waals surface area contributed by atoms with Crippen LogP contribution in [0.1, 0.15) is 117 Å². The first-order chi connectivity index (χ1) is 12.3. The van der Waals surface area contributed by atoms with Crippen molar-refractivity contribution in [2.75, 3.05) is 26.4 Å². The van der Waals surface area contributed by atoms with Crippen molar-refractivity contribution in [1.29, 1.82) is 0 Å². The van der Waals surface area contributed by atoms with Crippen LogP contribution < -0.4 is 0 Å². The van der Waals surface area contributed by atoms with E-state index in [1.807, 2.05) is 0 Å². The Kier molecular flexibility index (Phi) is 21.9. The third-order valence-electron chi connectivity index (χ3n) is 5.08. The first-order valence-corrected chi connectivity index (χ1v) is 11.5. The van der Waals surface area contributed by atoms with Crippen LogP contribution in [0, 0.1) is 5.92 Å². The first-order valence-electron chi connectivity index (χ1n) is 11.5. The molecule has 25 heavy (non-hydrogen) atoms. The van der Waals surface area contributed by atoms with Crippen molar-refractivity contribution < 1.29 is 9.47 Å². The lowest BCUT2D eigenvalue weighted by Gasteiger charge is -2.16. The highest BCUT2D eigenvalue weighted by molar-refractivity contribution is 4.58. The summed E-state index contributed by atoms with van der Waals surface area (Å²) in [6, 6.07) is 0. The Morgan fingerprint density at radius 2 is 0.840 bits per heavy atom. The minimum Gasteiger partial charge on any atom is -0.381 e. The highest BCUT2D eigenvalue weighted by Gasteiger charge is 2.08. The number of unbranched alkanes of at least 4 members (excludes halogenated alkanes) is 13. The van der Waals surface area contributed by atoms with Crippen LogP contribution in [-0.2, 0) is 9.47 Å². The van der Waals surface area contributed by atoms with Crippen LogP contribution in [-0.4, -0.2) is 26.4 Å². The summed E-state index contributed by atoms with van der Waals surface area (Å²) < 4.78 is 11.2. The average Bonchev–Trinajstić information content (AvgIpc) is 2.63. The molecule has 0 fully saturated rings. The first kappa shape index (κ1) is 24.9. The molecule has 0 aliphatic heterocycles. The van der Waals surface area contributed by atoms with Crippen LogP contribution in [0.5, 0.6) is 0 Å². The van der Waals surface area contributed by atoms with Crippen LogP contribution in [0.25, 0.3) is 0 Å². The molecule has 0 saturated carbocycles. The predicted molar refractivity (Wildman–Crippen MR) is 111 cm³/mol. The van der Waals surface area contributed by atoms with Gasteiger partial charge in [-0.05, 0) is 20.3 Å². The Morgan fingerprint density at radius 3 is 1.20 bits per heavy atom. The minimum absolute atomic E-state index is 0.595. The van der Waals surface area contributed by atoms with Crippen LogP contribution >= 0.6 is 0 Å². The summed E-state index contributed by atoms with van der Waals surface area (Å²) in [5.74, 6) is 0.595. The number of hydrogen-bond donors (Lipinski definition) is 0. The normalized spacial score (nSPS) is 11.5. The van der Waals surface area contributed by atoms with Crippen molar-refractivity contribution in [3.8, 4) is 0 Å². The molecule has 0 heterocycles. The van der Waals surface area contributed by atoms with Crippen molar-refractivity contribution in [3.05, 3.63) is 0 Å². The van der Waals surface area contributed by atoms with E-state index in [2.05, 4.69) is 20.8 Å². The van der Waals surface area contributed by atoms with Crippen molar-refractivity contribution >= 4 is 0 Å². The fourth-order valence-electron chi connectivity index (χ4n) is 3.41. The monoisotopic (exact) mass is 356 g/mol. The van der Waals surface area contributed by atoms with E-state index in [0.717, 1.165) is 26.4 Å². The van der Waals surface area contributed by atoms with E-state index in [1.54, 1.807) is 0 Å². The summed E-state index contributed by atoms with van der Waals surface area (Å²) in [7, 11) is 0. The van der Waals surface area contributed by atoms with Gasteiger partial charge in [0, 0.05) is 19.1 Å². The maximum absolute atomic E-state index is 5.58. The molecular weight excluding hydrogens is 308 g/mol. The zero-order valence-electron chi connectivity index (χ0n) is 17.8. The molecule has 0 radical (unpaired) electrons. The molecule has 0 saturated heterocycles. The topological polar surface area (TPSA) is 18.5 Å². The maximum atomic E-state index is 5.58. The number of rotatable bonds is 21. The van der Waals surface area contributed by atoms with Gasteiger partial charge in [0.2, 0.25) is 0 Å². The lowest BCUT2D eigenvalue weighted by molar-refractivity contribution is 0.0437. The van der Waals surface area contributed by atoms with Gasteiger partial charge < -0.3 is 9.47 Å². The molecule has 0 bridgehead atoms. The Hall–Kier alpha value is -0.0800. The predicted octanol–water partition coefficient (Wildman–Crippen LogP) is 7.55. The van der Waals surface area contributed by atoms with E-state index in [-0.39, 0.29) is 0 Å². The summed E-state index contributed by atoms with van der Waals surface area (Å²) in [6.07, 6.45) is 21.3. The second-order valence-corrected chi connectivity index (χ2v) is 7.57. The average molecular weight is 357 g/mol. The van der Waals surface area contributed by atoms with Gasteiger partial charge in [-0.3, -0.25) is 0 Å². The van der Waals surface area contributed by atoms with Crippen LogP contribution in [0.2, 0.25) is 0 Å². The highest BCUT2D eigenvalue weighted by atomic mass is 16.5. The number of hydrogen-bond acceptors (Lipinski definition) is 2. The smallest absolute Gasteiger partial charge is 0.0516 e. The van der Waals surface area contributed by atoms with E-state index in [1.165, 1.54) is 96.3 Å². The third kappa shape index (κ3) is 20.1. The van der Waals surface area contributed by atoms with Gasteiger partial charge in [-0.15, -0.1) is 0 Å². The Labute approximate surface area is 159 Å². The van der Waals surface area contributed by atoms with Gasteiger partial charge in [-0.2, -0.15) is 0 Å². The largest absolute Gasteiger partial charge is 0.381 e. The molecule has 2 nitrogen and oxygen atoms in total. The fraction of sp³-hybridized carbons (Fsp3) is 1.00. The lowest BCUT2D eigenvalue weighted by atomic mass is 10.0. The Balaban J connectivity index is 3.27. The fourth-order valence-corrected chi connectivity index (χ4v) is 3.41. The number of ether oxygens (including phenoxy) is 2. The molecule has 0 N–H and O–H groups in total. The highest BCUT2D eigenvalue weighted by Crippen LogP contribution is 2.15. The molecular formula is C23H48O2. The molecule has 0 aliphatic carbocycles. The molecule has 2 heteroatoms. The molecule has 0 aliphatic rings. The van der Waals surface area contributed by atoms with Gasteiger partial charge in [-0.1, -0.05) is 96.8 Å². The molecule has 0 unspecified atom stereocenters. The summed E-state index contributed by atoms with van der Waals surface area (Å²) in [4.78, 5) is 0. The quantitative estimate of drug-likeness (QED) is 0.198. The minimum atomic E-state index is 0.595. The van der Waals surface area contributed by atoms with Gasteiger partial charge in [0.25, 0.3) is 0 Å². The standard InChI is InChI=1S/C23H48O2/c1-4-7-8-9-10-11-12-13-14-15-16-17-18-19-20-23(21-24-5-2)22-25-6-3/h23H,4-22H2,1-3H3. The molecule has 0 amide bonds. The lowest BCUT2D eigenvalue weighted by Crippen LogP contribution is -2.16. The Bertz CT molecular complexity index is 222. The van der Waals surface area contributed by atoms with Crippen LogP contribution in [0.15, 0.2) is 0 Å². The van der Waals surface area contributed by atoms with Gasteiger partial charge in [0.05, 0.1) is 13.2 Å². The Morgan fingerprint density at radius 1 is 0.480 bits per heavy atom. The zero-order valence-corrected chi connectivity index (χ0v) is 17.8. The maximum Gasteiger partial charge on any atom is 0.0516 e. The molecule has 0 aromatic rings. The molecule has 0 aromatic carbocycles. The van der Waals surface area contributed by atoms with E-state index >= 15 is 0 Å². The summed E-state index contributed by atoms with van der Waals surface area (Å²) >= 11 is 0. The summed E-state index contributed by atoms with van der Waals surface area (Å²) in [6.45, 7) is 9.82. The van der Waals surface area contributed by atoms with Gasteiger partial charge in [0.1, 0.15) is 0 Å². The second kappa shape index (κ2) is 22.0. The van der Waals surface area contributed by atoms with E-state index in [0.29, 0.717) is 5.92 Å². The summed E-state index contributed by atoms with van der Waals surface area (Å²) in [5.41, 5.74) is 0. The van der Waals surface area contributed by atoms with Crippen molar-refractivity contribution in [1.82, 2.24) is 0 Å². The van der Waals surface area contributed by atoms with E-state index < -0.39 is 0 Å². The van der Waals surface area contributed by atoms with Crippen LogP contribution in [0.4, 0.5) is 0 Å². The van der Waals surface area contributed by atoms with Crippen molar-refractivity contribution in [2.24, 2.45) is 5.92 Å². The SMILES string of the molecule is CCCCCCCCCCCCCCCCC(COCC)COCC. The zero-order chi connectivity index (χ0) is 18.4. The second-order valence-electron chi connectivity index (χ2n) is 7.57.